The van der Waals surface area contributed by atoms with Gasteiger partial charge in [0, 0.05) is 10.6 Å². The molecule has 2 atom stereocenters. The molecule has 1 rings (SSSR count). The third kappa shape index (κ3) is 6.67. The lowest BCUT2D eigenvalue weighted by molar-refractivity contribution is -0.161. The van der Waals surface area contributed by atoms with E-state index >= 15 is 0 Å². The summed E-state index contributed by atoms with van der Waals surface area (Å²) in [4.78, 5) is 23.9. The molecule has 1 N–H and O–H groups in total. The number of halogens is 2. The molecule has 0 aliphatic carbocycles. The molecule has 0 spiro atoms. The first-order chi connectivity index (χ1) is 10.5. The summed E-state index contributed by atoms with van der Waals surface area (Å²) in [5.74, 6) is -0.720. The number of amides is 1. The van der Waals surface area contributed by atoms with Crippen LogP contribution in [0.1, 0.15) is 34.6 Å². The normalized spacial score (nSPS) is 13.9. The second-order valence-corrected chi connectivity index (χ2v) is 7.00. The topological polar surface area (TPSA) is 64.6 Å². The Morgan fingerprint density at radius 3 is 2.26 bits per heavy atom. The highest BCUT2D eigenvalue weighted by atomic mass is 35.5. The minimum absolute atomic E-state index is 0.288. The van der Waals surface area contributed by atoms with E-state index in [1.54, 1.807) is 12.1 Å². The smallest absolute Gasteiger partial charge is 0.347 e. The van der Waals surface area contributed by atoms with Gasteiger partial charge in [-0.1, -0.05) is 23.2 Å². The van der Waals surface area contributed by atoms with Crippen molar-refractivity contribution in [1.82, 2.24) is 5.32 Å². The first kappa shape index (κ1) is 19.6. The van der Waals surface area contributed by atoms with Crippen molar-refractivity contribution >= 4 is 35.1 Å². The van der Waals surface area contributed by atoms with Crippen LogP contribution in [0.3, 0.4) is 0 Å². The third-order valence-corrected chi connectivity index (χ3v) is 3.22. The van der Waals surface area contributed by atoms with Crippen molar-refractivity contribution < 1.29 is 19.1 Å². The van der Waals surface area contributed by atoms with Crippen LogP contribution < -0.4 is 10.1 Å². The quantitative estimate of drug-likeness (QED) is 0.813. The Bertz CT molecular complexity index is 584. The van der Waals surface area contributed by atoms with Crippen molar-refractivity contribution in [2.45, 2.75) is 52.4 Å². The van der Waals surface area contributed by atoms with Crippen LogP contribution in [0.5, 0.6) is 5.75 Å². The molecule has 128 valence electrons. The molecule has 5 nitrogen and oxygen atoms in total. The predicted molar refractivity (Wildman–Crippen MR) is 90.0 cm³/mol. The number of carbonyl (C=O) groups excluding carboxylic acids is 2. The molecule has 0 heterocycles. The van der Waals surface area contributed by atoms with Crippen molar-refractivity contribution in [3.63, 3.8) is 0 Å². The SMILES string of the molecule is C[C@H](OC(=O)[C@H](C)Oc1ccc(Cl)cc1Cl)C(=O)NC(C)(C)C. The minimum Gasteiger partial charge on any atom is -0.477 e. The number of hydrogen-bond donors (Lipinski definition) is 1. The van der Waals surface area contributed by atoms with E-state index in [2.05, 4.69) is 5.32 Å². The van der Waals surface area contributed by atoms with Gasteiger partial charge in [0.2, 0.25) is 0 Å². The molecular formula is C16H21Cl2NO4. The Labute approximate surface area is 146 Å². The molecule has 0 aliphatic heterocycles. The number of hydrogen-bond acceptors (Lipinski definition) is 4. The van der Waals surface area contributed by atoms with Crippen molar-refractivity contribution in [2.75, 3.05) is 0 Å². The van der Waals surface area contributed by atoms with Crippen LogP contribution >= 0.6 is 23.2 Å². The predicted octanol–water partition coefficient (Wildman–Crippen LogP) is 3.61. The molecule has 0 saturated heterocycles. The zero-order valence-corrected chi connectivity index (χ0v) is 15.3. The first-order valence-corrected chi connectivity index (χ1v) is 7.89. The Morgan fingerprint density at radius 1 is 1.13 bits per heavy atom. The zero-order chi connectivity index (χ0) is 17.8. The van der Waals surface area contributed by atoms with E-state index in [0.29, 0.717) is 10.8 Å². The van der Waals surface area contributed by atoms with Crippen LogP contribution in [0.25, 0.3) is 0 Å². The second-order valence-electron chi connectivity index (χ2n) is 6.15. The van der Waals surface area contributed by atoms with Gasteiger partial charge in [-0.2, -0.15) is 0 Å². The van der Waals surface area contributed by atoms with Crippen LogP contribution in [-0.2, 0) is 14.3 Å². The van der Waals surface area contributed by atoms with E-state index in [1.807, 2.05) is 20.8 Å². The van der Waals surface area contributed by atoms with Crippen molar-refractivity contribution in [1.29, 1.82) is 0 Å². The Morgan fingerprint density at radius 2 is 1.74 bits per heavy atom. The molecule has 0 aromatic heterocycles. The van der Waals surface area contributed by atoms with Crippen molar-refractivity contribution in [3.8, 4) is 5.75 Å². The van der Waals surface area contributed by atoms with Gasteiger partial charge in [0.05, 0.1) is 5.02 Å². The van der Waals surface area contributed by atoms with Gasteiger partial charge in [-0.3, -0.25) is 4.79 Å². The fourth-order valence-corrected chi connectivity index (χ4v) is 2.06. The number of carbonyl (C=O) groups is 2. The third-order valence-electron chi connectivity index (χ3n) is 2.69. The molecule has 1 aromatic rings. The Kier molecular flexibility index (Phi) is 6.71. The number of esters is 1. The number of ether oxygens (including phenoxy) is 2. The monoisotopic (exact) mass is 361 g/mol. The summed E-state index contributed by atoms with van der Waals surface area (Å²) in [6, 6.07) is 4.67. The van der Waals surface area contributed by atoms with E-state index in [9.17, 15) is 9.59 Å². The summed E-state index contributed by atoms with van der Waals surface area (Å²) < 4.78 is 10.6. The lowest BCUT2D eigenvalue weighted by atomic mass is 10.1. The van der Waals surface area contributed by atoms with Crippen molar-refractivity contribution in [2.24, 2.45) is 0 Å². The maximum absolute atomic E-state index is 12.0. The largest absolute Gasteiger partial charge is 0.477 e. The maximum Gasteiger partial charge on any atom is 0.347 e. The van der Waals surface area contributed by atoms with Crippen LogP contribution in [0.2, 0.25) is 10.0 Å². The second kappa shape index (κ2) is 7.88. The van der Waals surface area contributed by atoms with E-state index in [4.69, 9.17) is 32.7 Å². The molecular weight excluding hydrogens is 341 g/mol. The van der Waals surface area contributed by atoms with Gasteiger partial charge in [0.1, 0.15) is 5.75 Å². The Hall–Kier alpha value is -1.46. The molecule has 1 aromatic carbocycles. The molecule has 1 amide bonds. The summed E-state index contributed by atoms with van der Waals surface area (Å²) in [5.41, 5.74) is -0.406. The molecule has 0 aliphatic rings. The van der Waals surface area contributed by atoms with Gasteiger partial charge < -0.3 is 14.8 Å². The lowest BCUT2D eigenvalue weighted by Crippen LogP contribution is -2.47. The summed E-state index contributed by atoms with van der Waals surface area (Å²) in [7, 11) is 0. The summed E-state index contributed by atoms with van der Waals surface area (Å²) in [5, 5.41) is 3.49. The highest BCUT2D eigenvalue weighted by Crippen LogP contribution is 2.28. The van der Waals surface area contributed by atoms with Gasteiger partial charge in [-0.15, -0.1) is 0 Å². The number of rotatable bonds is 5. The highest BCUT2D eigenvalue weighted by molar-refractivity contribution is 6.35. The lowest BCUT2D eigenvalue weighted by Gasteiger charge is -2.24. The molecule has 23 heavy (non-hydrogen) atoms. The highest BCUT2D eigenvalue weighted by Gasteiger charge is 2.25. The van der Waals surface area contributed by atoms with E-state index in [0.717, 1.165) is 0 Å². The van der Waals surface area contributed by atoms with Crippen molar-refractivity contribution in [3.05, 3.63) is 28.2 Å². The fraction of sp³-hybridized carbons (Fsp3) is 0.500. The first-order valence-electron chi connectivity index (χ1n) is 7.14. The van der Waals surface area contributed by atoms with Gasteiger partial charge in [0.15, 0.2) is 12.2 Å². The average molecular weight is 362 g/mol. The molecule has 0 unspecified atom stereocenters. The molecule has 0 bridgehead atoms. The molecule has 0 saturated carbocycles. The summed E-state index contributed by atoms with van der Waals surface area (Å²) in [6.45, 7) is 8.54. The average Bonchev–Trinajstić information content (AvgIpc) is 2.39. The van der Waals surface area contributed by atoms with Gasteiger partial charge >= 0.3 is 5.97 Å². The van der Waals surface area contributed by atoms with Gasteiger partial charge in [0.25, 0.3) is 5.91 Å². The van der Waals surface area contributed by atoms with Crippen LogP contribution in [0, 0.1) is 0 Å². The van der Waals surface area contributed by atoms with E-state index in [-0.39, 0.29) is 10.9 Å². The van der Waals surface area contributed by atoms with E-state index in [1.165, 1.54) is 19.9 Å². The maximum atomic E-state index is 12.0. The standard InChI is InChI=1S/C16H21Cl2NO4/c1-9(14(20)19-16(3,4)5)23-15(21)10(2)22-13-7-6-11(17)8-12(13)18/h6-10H,1-5H3,(H,19,20)/t9-,10-/m0/s1. The van der Waals surface area contributed by atoms with Crippen LogP contribution in [0.4, 0.5) is 0 Å². The van der Waals surface area contributed by atoms with Crippen LogP contribution in [-0.4, -0.2) is 29.6 Å². The molecule has 0 fully saturated rings. The van der Waals surface area contributed by atoms with E-state index < -0.39 is 23.7 Å². The zero-order valence-electron chi connectivity index (χ0n) is 13.8. The summed E-state index contributed by atoms with van der Waals surface area (Å²) >= 11 is 11.8. The number of benzene rings is 1. The minimum atomic E-state index is -0.923. The number of nitrogens with one attached hydrogen (secondary N) is 1. The van der Waals surface area contributed by atoms with Gasteiger partial charge in [-0.25, -0.2) is 4.79 Å². The Balaban J connectivity index is 2.61. The molecule has 7 heteroatoms. The fourth-order valence-electron chi connectivity index (χ4n) is 1.60. The van der Waals surface area contributed by atoms with Gasteiger partial charge in [-0.05, 0) is 52.8 Å². The molecule has 0 radical (unpaired) electrons. The summed E-state index contributed by atoms with van der Waals surface area (Å²) in [6.07, 6.45) is -1.84. The van der Waals surface area contributed by atoms with Crippen LogP contribution in [0.15, 0.2) is 18.2 Å².